The number of H-pyrrole nitrogens is 1. The molecule has 0 unspecified atom stereocenters. The lowest BCUT2D eigenvalue weighted by atomic mass is 10.1. The van der Waals surface area contributed by atoms with Crippen LogP contribution >= 0.6 is 34.5 Å². The van der Waals surface area contributed by atoms with Gasteiger partial charge in [-0.1, -0.05) is 36.2 Å². The Balaban J connectivity index is 2.27. The first-order valence-corrected chi connectivity index (χ1v) is 7.69. The summed E-state index contributed by atoms with van der Waals surface area (Å²) in [5, 5.41) is 3.49. The van der Waals surface area contributed by atoms with Crippen molar-refractivity contribution in [3.8, 4) is 11.1 Å². The minimum absolute atomic E-state index is 0.117. The predicted molar refractivity (Wildman–Crippen MR) is 85.1 cm³/mol. The Morgan fingerprint density at radius 2 is 2.10 bits per heavy atom. The van der Waals surface area contributed by atoms with E-state index in [0.717, 1.165) is 16.0 Å². The smallest absolute Gasteiger partial charge is 0.260 e. The van der Waals surface area contributed by atoms with Crippen LogP contribution in [0.2, 0.25) is 10.0 Å². The molecule has 0 amide bonds. The number of nitrogens with one attached hydrogen (secondary N) is 1. The zero-order valence-electron chi connectivity index (χ0n) is 10.5. The zero-order valence-corrected chi connectivity index (χ0v) is 12.9. The highest BCUT2D eigenvalue weighted by atomic mass is 35.5. The van der Waals surface area contributed by atoms with Gasteiger partial charge >= 0.3 is 0 Å². The van der Waals surface area contributed by atoms with Crippen molar-refractivity contribution >= 4 is 44.8 Å². The molecular formula is C14H10Cl2N2OS. The second-order valence-corrected chi connectivity index (χ2v) is 6.00. The van der Waals surface area contributed by atoms with Gasteiger partial charge < -0.3 is 4.98 Å². The molecule has 6 heteroatoms. The van der Waals surface area contributed by atoms with Crippen LogP contribution in [0.1, 0.15) is 12.7 Å². The zero-order chi connectivity index (χ0) is 14.3. The fourth-order valence-corrected chi connectivity index (χ4v) is 3.30. The minimum atomic E-state index is -0.117. The van der Waals surface area contributed by atoms with Gasteiger partial charge in [-0.05, 0) is 17.7 Å². The van der Waals surface area contributed by atoms with Crippen LogP contribution in [0.25, 0.3) is 21.3 Å². The van der Waals surface area contributed by atoms with Crippen LogP contribution in [0.15, 0.2) is 28.4 Å². The molecule has 0 aliphatic carbocycles. The van der Waals surface area contributed by atoms with Crippen LogP contribution in [-0.2, 0) is 6.42 Å². The first-order valence-electron chi connectivity index (χ1n) is 6.06. The number of hydrogen-bond acceptors (Lipinski definition) is 3. The molecule has 0 aliphatic rings. The summed E-state index contributed by atoms with van der Waals surface area (Å²) in [6, 6.07) is 5.34. The molecule has 3 aromatic rings. The number of thiophene rings is 1. The monoisotopic (exact) mass is 324 g/mol. The molecule has 102 valence electrons. The van der Waals surface area contributed by atoms with Gasteiger partial charge in [0, 0.05) is 17.4 Å². The maximum atomic E-state index is 12.2. The Morgan fingerprint density at radius 1 is 1.30 bits per heavy atom. The summed E-state index contributed by atoms with van der Waals surface area (Å²) >= 11 is 13.4. The molecule has 0 saturated heterocycles. The standard InChI is InChI=1S/C14H10Cl2N2OS/c1-2-11-17-13(19)12-8(6-20-14(12)18-11)7-3-4-9(15)10(16)5-7/h3-6H,2H2,1H3,(H,17,18,19). The first-order chi connectivity index (χ1) is 9.60. The van der Waals surface area contributed by atoms with Crippen molar-refractivity contribution in [2.24, 2.45) is 0 Å². The molecule has 3 rings (SSSR count). The average molecular weight is 325 g/mol. The van der Waals surface area contributed by atoms with Crippen molar-refractivity contribution in [1.29, 1.82) is 0 Å². The summed E-state index contributed by atoms with van der Waals surface area (Å²) in [7, 11) is 0. The van der Waals surface area contributed by atoms with Gasteiger partial charge in [-0.25, -0.2) is 4.98 Å². The number of aryl methyl sites for hydroxylation is 1. The number of hydrogen-bond donors (Lipinski definition) is 1. The fraction of sp³-hybridized carbons (Fsp3) is 0.143. The van der Waals surface area contributed by atoms with E-state index in [0.29, 0.717) is 27.7 Å². The first kappa shape index (κ1) is 13.6. The highest BCUT2D eigenvalue weighted by Crippen LogP contribution is 2.34. The summed E-state index contributed by atoms with van der Waals surface area (Å²) in [6.45, 7) is 1.96. The van der Waals surface area contributed by atoms with E-state index in [-0.39, 0.29) is 5.56 Å². The maximum Gasteiger partial charge on any atom is 0.260 e. The largest absolute Gasteiger partial charge is 0.310 e. The molecule has 0 saturated carbocycles. The molecule has 3 nitrogen and oxygen atoms in total. The lowest BCUT2D eigenvalue weighted by molar-refractivity contribution is 0.948. The second kappa shape index (κ2) is 5.20. The Kier molecular flexibility index (Phi) is 3.54. The van der Waals surface area contributed by atoms with E-state index in [4.69, 9.17) is 23.2 Å². The van der Waals surface area contributed by atoms with Gasteiger partial charge in [0.1, 0.15) is 10.7 Å². The average Bonchev–Trinajstić information content (AvgIpc) is 2.86. The quantitative estimate of drug-likeness (QED) is 0.753. The van der Waals surface area contributed by atoms with Gasteiger partial charge in [-0.15, -0.1) is 11.3 Å². The molecule has 0 radical (unpaired) electrons. The van der Waals surface area contributed by atoms with E-state index in [9.17, 15) is 4.79 Å². The second-order valence-electron chi connectivity index (χ2n) is 4.32. The Morgan fingerprint density at radius 3 is 2.80 bits per heavy atom. The van der Waals surface area contributed by atoms with Crippen molar-refractivity contribution in [3.63, 3.8) is 0 Å². The number of nitrogens with zero attached hydrogens (tertiary/aromatic N) is 1. The van der Waals surface area contributed by atoms with Gasteiger partial charge in [0.05, 0.1) is 15.4 Å². The van der Waals surface area contributed by atoms with Crippen LogP contribution in [0.5, 0.6) is 0 Å². The minimum Gasteiger partial charge on any atom is -0.310 e. The van der Waals surface area contributed by atoms with Crippen LogP contribution < -0.4 is 5.56 Å². The summed E-state index contributed by atoms with van der Waals surface area (Å²) in [5.41, 5.74) is 1.58. The number of benzene rings is 1. The molecule has 2 heterocycles. The Labute approximate surface area is 129 Å². The van der Waals surface area contributed by atoms with E-state index in [1.165, 1.54) is 11.3 Å². The van der Waals surface area contributed by atoms with E-state index < -0.39 is 0 Å². The van der Waals surface area contributed by atoms with Gasteiger partial charge in [0.15, 0.2) is 0 Å². The summed E-state index contributed by atoms with van der Waals surface area (Å²) in [4.78, 5) is 20.2. The lowest BCUT2D eigenvalue weighted by Crippen LogP contribution is -2.10. The molecule has 0 fully saturated rings. The lowest BCUT2D eigenvalue weighted by Gasteiger charge is -2.02. The molecular weight excluding hydrogens is 315 g/mol. The molecule has 1 aromatic carbocycles. The van der Waals surface area contributed by atoms with Gasteiger partial charge in [-0.2, -0.15) is 0 Å². The molecule has 0 aliphatic heterocycles. The topological polar surface area (TPSA) is 45.8 Å². The summed E-state index contributed by atoms with van der Waals surface area (Å²) in [5.74, 6) is 0.699. The van der Waals surface area contributed by atoms with Crippen molar-refractivity contribution in [1.82, 2.24) is 9.97 Å². The Hall–Kier alpha value is -1.36. The summed E-state index contributed by atoms with van der Waals surface area (Å²) in [6.07, 6.45) is 0.700. The number of aromatic nitrogens is 2. The van der Waals surface area contributed by atoms with Crippen molar-refractivity contribution in [3.05, 3.63) is 49.8 Å². The number of fused-ring (bicyclic) bond motifs is 1. The van der Waals surface area contributed by atoms with Crippen LogP contribution in [-0.4, -0.2) is 9.97 Å². The molecule has 0 atom stereocenters. The molecule has 0 spiro atoms. The SMILES string of the molecule is CCc1nc2scc(-c3ccc(Cl)c(Cl)c3)c2c(=O)[nH]1. The molecule has 2 aromatic heterocycles. The number of aromatic amines is 1. The van der Waals surface area contributed by atoms with Gasteiger partial charge in [0.2, 0.25) is 0 Å². The van der Waals surface area contributed by atoms with Crippen LogP contribution in [0, 0.1) is 0 Å². The van der Waals surface area contributed by atoms with Crippen molar-refractivity contribution in [2.75, 3.05) is 0 Å². The summed E-state index contributed by atoms with van der Waals surface area (Å²) < 4.78 is 0. The van der Waals surface area contributed by atoms with E-state index in [2.05, 4.69) is 9.97 Å². The third-order valence-electron chi connectivity index (χ3n) is 3.06. The predicted octanol–water partition coefficient (Wildman–Crippen LogP) is 4.52. The van der Waals surface area contributed by atoms with Crippen molar-refractivity contribution < 1.29 is 0 Å². The highest BCUT2D eigenvalue weighted by Gasteiger charge is 2.13. The molecule has 1 N–H and O–H groups in total. The fourth-order valence-electron chi connectivity index (χ4n) is 2.04. The van der Waals surface area contributed by atoms with E-state index >= 15 is 0 Å². The molecule has 20 heavy (non-hydrogen) atoms. The van der Waals surface area contributed by atoms with Gasteiger partial charge in [0.25, 0.3) is 5.56 Å². The van der Waals surface area contributed by atoms with Crippen LogP contribution in [0.4, 0.5) is 0 Å². The maximum absolute atomic E-state index is 12.2. The molecule has 0 bridgehead atoms. The van der Waals surface area contributed by atoms with Gasteiger partial charge in [-0.3, -0.25) is 4.79 Å². The number of rotatable bonds is 2. The van der Waals surface area contributed by atoms with Crippen LogP contribution in [0.3, 0.4) is 0 Å². The number of halogens is 2. The third kappa shape index (κ3) is 2.24. The Bertz CT molecular complexity index is 854. The van der Waals surface area contributed by atoms with E-state index in [1.807, 2.05) is 18.4 Å². The third-order valence-corrected chi connectivity index (χ3v) is 4.67. The van der Waals surface area contributed by atoms with E-state index in [1.54, 1.807) is 12.1 Å². The van der Waals surface area contributed by atoms with Crippen molar-refractivity contribution in [2.45, 2.75) is 13.3 Å². The highest BCUT2D eigenvalue weighted by molar-refractivity contribution is 7.17. The normalized spacial score (nSPS) is 11.2.